The van der Waals surface area contributed by atoms with Crippen LogP contribution in [0.3, 0.4) is 0 Å². The number of halogens is 3. The zero-order chi connectivity index (χ0) is 25.1. The number of anilines is 4. The second kappa shape index (κ2) is 9.88. The number of ether oxygens (including phenoxy) is 1. The van der Waals surface area contributed by atoms with Crippen LogP contribution in [-0.2, 0) is 22.4 Å². The Morgan fingerprint density at radius 2 is 1.76 bits per heavy atom. The van der Waals surface area contributed by atoms with Crippen molar-refractivity contribution in [3.05, 3.63) is 59.8 Å². The number of nitrogens with zero attached hydrogens (tertiary/aromatic N) is 2. The van der Waals surface area contributed by atoms with Gasteiger partial charge in [-0.15, -0.1) is 0 Å². The number of hydrogen-bond acceptors (Lipinski definition) is 7. The van der Waals surface area contributed by atoms with Gasteiger partial charge in [-0.25, -0.2) is 13.4 Å². The number of nitrogens with one attached hydrogen (secondary N) is 2. The Morgan fingerprint density at radius 3 is 2.38 bits per heavy atom. The van der Waals surface area contributed by atoms with Gasteiger partial charge in [0.25, 0.3) is 0 Å². The van der Waals surface area contributed by atoms with E-state index in [1.807, 2.05) is 13.0 Å². The van der Waals surface area contributed by atoms with Crippen molar-refractivity contribution >= 4 is 33.0 Å². The SMILES string of the molecule is CCc1ccc(Nc2ncc(C(F)(F)F)c(Nc3ccccc3S(=O)(=O)C(C)C)n2)c(OC)c1. The minimum Gasteiger partial charge on any atom is -0.495 e. The molecule has 0 aliphatic carbocycles. The number of hydrogen-bond donors (Lipinski definition) is 2. The number of sulfone groups is 1. The standard InChI is InChI=1S/C23H25F3N4O3S/c1-5-15-10-11-17(19(12-15)33-4)29-22-27-13-16(23(24,25)26)21(30-22)28-18-8-6-7-9-20(18)34(31,32)14(2)3/h6-14H,5H2,1-4H3,(H2,27,28,29,30). The Bertz CT molecular complexity index is 1280. The van der Waals surface area contributed by atoms with Crippen LogP contribution in [0, 0.1) is 0 Å². The van der Waals surface area contributed by atoms with Crippen molar-refractivity contribution in [2.45, 2.75) is 43.5 Å². The molecule has 7 nitrogen and oxygen atoms in total. The molecule has 0 saturated carbocycles. The molecule has 182 valence electrons. The average molecular weight is 495 g/mol. The van der Waals surface area contributed by atoms with Gasteiger partial charge >= 0.3 is 6.18 Å². The molecule has 3 aromatic rings. The summed E-state index contributed by atoms with van der Waals surface area (Å²) in [6, 6.07) is 11.1. The van der Waals surface area contributed by atoms with Gasteiger partial charge in [0.05, 0.1) is 28.6 Å². The molecule has 2 aromatic carbocycles. The van der Waals surface area contributed by atoms with Crippen LogP contribution < -0.4 is 15.4 Å². The lowest BCUT2D eigenvalue weighted by molar-refractivity contribution is -0.137. The largest absolute Gasteiger partial charge is 0.495 e. The highest BCUT2D eigenvalue weighted by atomic mass is 32.2. The molecule has 0 fully saturated rings. The van der Waals surface area contributed by atoms with E-state index in [0.29, 0.717) is 17.6 Å². The first-order chi connectivity index (χ1) is 16.0. The van der Waals surface area contributed by atoms with Gasteiger partial charge in [-0.2, -0.15) is 18.2 Å². The number of para-hydroxylation sites is 1. The average Bonchev–Trinajstić information content (AvgIpc) is 2.79. The molecule has 1 heterocycles. The van der Waals surface area contributed by atoms with Crippen molar-refractivity contribution in [1.82, 2.24) is 9.97 Å². The Labute approximate surface area is 196 Å². The molecule has 0 aliphatic rings. The first-order valence-electron chi connectivity index (χ1n) is 10.5. The molecule has 34 heavy (non-hydrogen) atoms. The maximum Gasteiger partial charge on any atom is 0.421 e. The van der Waals surface area contributed by atoms with Crippen molar-refractivity contribution in [3.8, 4) is 5.75 Å². The molecular formula is C23H25F3N4O3S. The molecule has 0 spiro atoms. The van der Waals surface area contributed by atoms with Gasteiger partial charge in [0.1, 0.15) is 17.1 Å². The minimum absolute atomic E-state index is 0.0174. The summed E-state index contributed by atoms with van der Waals surface area (Å²) >= 11 is 0. The fourth-order valence-corrected chi connectivity index (χ4v) is 4.33. The number of methoxy groups -OCH3 is 1. The van der Waals surface area contributed by atoms with Crippen LogP contribution in [0.2, 0.25) is 0 Å². The zero-order valence-corrected chi connectivity index (χ0v) is 19.9. The molecule has 0 radical (unpaired) electrons. The molecule has 3 rings (SSSR count). The third kappa shape index (κ3) is 5.41. The summed E-state index contributed by atoms with van der Waals surface area (Å²) in [4.78, 5) is 7.69. The van der Waals surface area contributed by atoms with Crippen LogP contribution in [0.25, 0.3) is 0 Å². The molecule has 2 N–H and O–H groups in total. The summed E-state index contributed by atoms with van der Waals surface area (Å²) in [5.74, 6) is -0.228. The third-order valence-electron chi connectivity index (χ3n) is 5.08. The van der Waals surface area contributed by atoms with Gasteiger partial charge in [0.15, 0.2) is 9.84 Å². The highest BCUT2D eigenvalue weighted by molar-refractivity contribution is 7.92. The van der Waals surface area contributed by atoms with Crippen molar-refractivity contribution in [2.24, 2.45) is 0 Å². The fraction of sp³-hybridized carbons (Fsp3) is 0.304. The van der Waals surface area contributed by atoms with E-state index in [9.17, 15) is 21.6 Å². The molecule has 0 atom stereocenters. The topological polar surface area (TPSA) is 93.2 Å². The number of alkyl halides is 3. The van der Waals surface area contributed by atoms with E-state index in [1.165, 1.54) is 45.2 Å². The summed E-state index contributed by atoms with van der Waals surface area (Å²) in [7, 11) is -2.29. The quantitative estimate of drug-likeness (QED) is 0.413. The van der Waals surface area contributed by atoms with Crippen LogP contribution in [0.4, 0.5) is 36.3 Å². The number of rotatable bonds is 8. The Kier molecular flexibility index (Phi) is 7.35. The van der Waals surface area contributed by atoms with E-state index in [1.54, 1.807) is 12.1 Å². The number of benzene rings is 2. The Balaban J connectivity index is 2.06. The van der Waals surface area contributed by atoms with Crippen molar-refractivity contribution < 1.29 is 26.3 Å². The van der Waals surface area contributed by atoms with Gasteiger partial charge in [-0.1, -0.05) is 25.1 Å². The van der Waals surface area contributed by atoms with Crippen molar-refractivity contribution in [3.63, 3.8) is 0 Å². The second-order valence-electron chi connectivity index (χ2n) is 7.68. The summed E-state index contributed by atoms with van der Waals surface area (Å²) in [5.41, 5.74) is 0.327. The fourth-order valence-electron chi connectivity index (χ4n) is 3.12. The molecule has 0 unspecified atom stereocenters. The third-order valence-corrected chi connectivity index (χ3v) is 7.29. The smallest absolute Gasteiger partial charge is 0.421 e. The summed E-state index contributed by atoms with van der Waals surface area (Å²) in [6.07, 6.45) is -3.35. The first kappa shape index (κ1) is 25.3. The Morgan fingerprint density at radius 1 is 1.06 bits per heavy atom. The van der Waals surface area contributed by atoms with E-state index in [4.69, 9.17) is 4.74 Å². The van der Waals surface area contributed by atoms with Gasteiger partial charge in [-0.05, 0) is 50.1 Å². The lowest BCUT2D eigenvalue weighted by Crippen LogP contribution is -2.17. The highest BCUT2D eigenvalue weighted by Gasteiger charge is 2.36. The van der Waals surface area contributed by atoms with Crippen LogP contribution in [-0.4, -0.2) is 30.7 Å². The van der Waals surface area contributed by atoms with Crippen LogP contribution in [0.1, 0.15) is 31.9 Å². The van der Waals surface area contributed by atoms with E-state index < -0.39 is 32.6 Å². The maximum absolute atomic E-state index is 13.7. The van der Waals surface area contributed by atoms with Crippen LogP contribution in [0.15, 0.2) is 53.6 Å². The van der Waals surface area contributed by atoms with Crippen LogP contribution >= 0.6 is 0 Å². The maximum atomic E-state index is 13.7. The van der Waals surface area contributed by atoms with Gasteiger partial charge in [-0.3, -0.25) is 0 Å². The number of aryl methyl sites for hydroxylation is 1. The monoisotopic (exact) mass is 494 g/mol. The molecule has 0 saturated heterocycles. The second-order valence-corrected chi connectivity index (χ2v) is 10.2. The lowest BCUT2D eigenvalue weighted by atomic mass is 10.1. The predicted octanol–water partition coefficient (Wildman–Crippen LogP) is 5.74. The van der Waals surface area contributed by atoms with Crippen molar-refractivity contribution in [1.29, 1.82) is 0 Å². The van der Waals surface area contributed by atoms with E-state index in [-0.39, 0.29) is 16.5 Å². The summed E-state index contributed by atoms with van der Waals surface area (Å²) in [5, 5.41) is 4.66. The van der Waals surface area contributed by atoms with Gasteiger partial charge in [0, 0.05) is 6.20 Å². The molecular weight excluding hydrogens is 469 g/mol. The van der Waals surface area contributed by atoms with E-state index in [0.717, 1.165) is 12.0 Å². The molecule has 11 heteroatoms. The van der Waals surface area contributed by atoms with E-state index in [2.05, 4.69) is 20.6 Å². The Hall–Kier alpha value is -3.34. The summed E-state index contributed by atoms with van der Waals surface area (Å²) in [6.45, 7) is 4.98. The normalized spacial score (nSPS) is 12.0. The first-order valence-corrected chi connectivity index (χ1v) is 12.0. The highest BCUT2D eigenvalue weighted by Crippen LogP contribution is 2.37. The van der Waals surface area contributed by atoms with Crippen LogP contribution in [0.5, 0.6) is 5.75 Å². The number of aromatic nitrogens is 2. The molecule has 1 aromatic heterocycles. The van der Waals surface area contributed by atoms with Crippen molar-refractivity contribution in [2.75, 3.05) is 17.7 Å². The molecule has 0 aliphatic heterocycles. The minimum atomic E-state index is -4.77. The van der Waals surface area contributed by atoms with Gasteiger partial charge in [0.2, 0.25) is 5.95 Å². The zero-order valence-electron chi connectivity index (χ0n) is 19.1. The van der Waals surface area contributed by atoms with Gasteiger partial charge < -0.3 is 15.4 Å². The molecule has 0 bridgehead atoms. The predicted molar refractivity (Wildman–Crippen MR) is 125 cm³/mol. The summed E-state index contributed by atoms with van der Waals surface area (Å²) < 4.78 is 71.9. The lowest BCUT2D eigenvalue weighted by Gasteiger charge is -2.18. The van der Waals surface area contributed by atoms with E-state index >= 15 is 0 Å². The molecule has 0 amide bonds.